The summed E-state index contributed by atoms with van der Waals surface area (Å²) in [4.78, 5) is 16.5. The molecule has 1 aliphatic heterocycles. The van der Waals surface area contributed by atoms with Gasteiger partial charge < -0.3 is 15.1 Å². The Labute approximate surface area is 160 Å². The maximum Gasteiger partial charge on any atom is 0.257 e. The molecule has 0 spiro atoms. The van der Waals surface area contributed by atoms with E-state index in [1.54, 1.807) is 30.6 Å². The van der Waals surface area contributed by atoms with Gasteiger partial charge in [0.05, 0.1) is 11.8 Å². The van der Waals surface area contributed by atoms with Crippen LogP contribution in [0.3, 0.4) is 0 Å². The first-order chi connectivity index (χ1) is 13.2. The molecule has 1 aromatic rings. The van der Waals surface area contributed by atoms with Crippen molar-refractivity contribution in [3.05, 3.63) is 90.0 Å². The molecule has 0 saturated heterocycles. The van der Waals surface area contributed by atoms with Crippen molar-refractivity contribution in [1.29, 1.82) is 0 Å². The molecule has 1 aliphatic rings. The second kappa shape index (κ2) is 11.3. The first-order valence-corrected chi connectivity index (χ1v) is 8.94. The van der Waals surface area contributed by atoms with Crippen molar-refractivity contribution in [2.45, 2.75) is 20.3 Å². The Morgan fingerprint density at radius 3 is 2.96 bits per heavy atom. The Morgan fingerprint density at radius 2 is 2.22 bits per heavy atom. The summed E-state index contributed by atoms with van der Waals surface area (Å²) in [6, 6.07) is 0. The van der Waals surface area contributed by atoms with Crippen LogP contribution in [0.15, 0.2) is 82.8 Å². The van der Waals surface area contributed by atoms with Crippen LogP contribution in [0.1, 0.15) is 31.9 Å². The minimum Gasteiger partial charge on any atom is -0.437 e. The molecule has 0 atom stereocenters. The van der Waals surface area contributed by atoms with E-state index in [2.05, 4.69) is 15.6 Å². The van der Waals surface area contributed by atoms with Crippen LogP contribution in [-0.2, 0) is 4.79 Å². The van der Waals surface area contributed by atoms with Crippen LogP contribution in [0.2, 0.25) is 0 Å². The summed E-state index contributed by atoms with van der Waals surface area (Å²) in [5, 5.41) is 5.93. The third-order valence-electron chi connectivity index (χ3n) is 3.46. The smallest absolute Gasteiger partial charge is 0.257 e. The number of aromatic nitrogens is 1. The lowest BCUT2D eigenvalue weighted by Crippen LogP contribution is -2.25. The first kappa shape index (κ1) is 20.0. The highest BCUT2D eigenvalue weighted by atomic mass is 16.3. The Hall–Kier alpha value is -3.34. The average Bonchev–Trinajstić information content (AvgIpc) is 3.14. The van der Waals surface area contributed by atoms with Gasteiger partial charge in [0.1, 0.15) is 5.76 Å². The monoisotopic (exact) mass is 363 g/mol. The largest absolute Gasteiger partial charge is 0.437 e. The number of hydrogen-bond donors (Lipinski definition) is 2. The molecule has 0 saturated carbocycles. The van der Waals surface area contributed by atoms with Crippen molar-refractivity contribution in [2.75, 3.05) is 6.54 Å². The molecule has 140 valence electrons. The number of rotatable bonds is 8. The summed E-state index contributed by atoms with van der Waals surface area (Å²) in [5.74, 6) is 1.02. The fraction of sp³-hybridized carbons (Fsp3) is 0.182. The van der Waals surface area contributed by atoms with E-state index in [9.17, 15) is 4.79 Å². The van der Waals surface area contributed by atoms with Gasteiger partial charge in [0.15, 0.2) is 0 Å². The summed E-state index contributed by atoms with van der Waals surface area (Å²) >= 11 is 0. The molecule has 5 nitrogen and oxygen atoms in total. The van der Waals surface area contributed by atoms with Crippen LogP contribution in [0.5, 0.6) is 0 Å². The minimum absolute atomic E-state index is 0.161. The Morgan fingerprint density at radius 1 is 1.33 bits per heavy atom. The van der Waals surface area contributed by atoms with Gasteiger partial charge in [0.2, 0.25) is 5.89 Å². The predicted octanol–water partition coefficient (Wildman–Crippen LogP) is 4.29. The first-order valence-electron chi connectivity index (χ1n) is 8.94. The van der Waals surface area contributed by atoms with Crippen LogP contribution in [0.25, 0.3) is 12.2 Å². The molecule has 0 bridgehead atoms. The van der Waals surface area contributed by atoms with E-state index in [-0.39, 0.29) is 5.91 Å². The third-order valence-corrected chi connectivity index (χ3v) is 3.46. The molecule has 1 aromatic heterocycles. The van der Waals surface area contributed by atoms with E-state index in [0.29, 0.717) is 22.9 Å². The summed E-state index contributed by atoms with van der Waals surface area (Å²) in [6.45, 7) is 4.73. The summed E-state index contributed by atoms with van der Waals surface area (Å²) < 4.78 is 5.59. The lowest BCUT2D eigenvalue weighted by molar-refractivity contribution is -0.116. The molecule has 27 heavy (non-hydrogen) atoms. The number of nitrogens with zero attached hydrogens (tertiary/aromatic N) is 1. The fourth-order valence-electron chi connectivity index (χ4n) is 2.15. The highest BCUT2D eigenvalue weighted by Gasteiger charge is 2.08. The predicted molar refractivity (Wildman–Crippen MR) is 110 cm³/mol. The molecule has 0 unspecified atom stereocenters. The van der Waals surface area contributed by atoms with Gasteiger partial charge in [-0.25, -0.2) is 4.98 Å². The van der Waals surface area contributed by atoms with Crippen LogP contribution in [0.4, 0.5) is 0 Å². The Kier molecular flexibility index (Phi) is 8.37. The summed E-state index contributed by atoms with van der Waals surface area (Å²) in [6.07, 6.45) is 24.8. The van der Waals surface area contributed by atoms with E-state index in [1.165, 1.54) is 0 Å². The van der Waals surface area contributed by atoms with Crippen LogP contribution in [0, 0.1) is 0 Å². The van der Waals surface area contributed by atoms with Crippen molar-refractivity contribution in [1.82, 2.24) is 15.6 Å². The van der Waals surface area contributed by atoms with Gasteiger partial charge >= 0.3 is 0 Å². The van der Waals surface area contributed by atoms with Crippen LogP contribution >= 0.6 is 0 Å². The zero-order valence-corrected chi connectivity index (χ0v) is 15.7. The van der Waals surface area contributed by atoms with Crippen LogP contribution < -0.4 is 10.6 Å². The molecule has 2 rings (SSSR count). The number of carbonyl (C=O) groups is 1. The van der Waals surface area contributed by atoms with Crippen molar-refractivity contribution in [3.63, 3.8) is 0 Å². The number of amides is 1. The summed E-state index contributed by atoms with van der Waals surface area (Å²) in [5.41, 5.74) is 1.28. The zero-order chi connectivity index (χ0) is 19.3. The molecule has 2 N–H and O–H groups in total. The van der Waals surface area contributed by atoms with Gasteiger partial charge in [-0.15, -0.1) is 0 Å². The molecule has 0 aromatic carbocycles. The van der Waals surface area contributed by atoms with E-state index >= 15 is 0 Å². The molecule has 1 amide bonds. The van der Waals surface area contributed by atoms with Crippen LogP contribution in [-0.4, -0.2) is 17.4 Å². The zero-order valence-electron chi connectivity index (χ0n) is 15.7. The standard InChI is InChI=1S/C22H25N3O2/c1-3-5-7-13-20-17-24-21(27-20)14-8-12-19(11-6-4-2)25-22(26)18-10-9-15-23-16-18/h3,5-14,16-17,23H,4,15H2,1-2H3,(H,25,26)/b5-3-,11-6-,13-7-,14-8+,19-12+. The average molecular weight is 363 g/mol. The molecule has 2 heterocycles. The third kappa shape index (κ3) is 7.20. The number of allylic oxidation sites excluding steroid dienone is 7. The fourth-order valence-corrected chi connectivity index (χ4v) is 2.15. The normalized spacial score (nSPS) is 15.2. The van der Waals surface area contributed by atoms with E-state index < -0.39 is 0 Å². The maximum atomic E-state index is 12.3. The van der Waals surface area contributed by atoms with Gasteiger partial charge in [-0.05, 0) is 31.6 Å². The Bertz CT molecular complexity index is 833. The lowest BCUT2D eigenvalue weighted by atomic mass is 10.2. The number of oxazole rings is 1. The lowest BCUT2D eigenvalue weighted by Gasteiger charge is -2.09. The molecule has 0 fully saturated rings. The van der Waals surface area contributed by atoms with Gasteiger partial charge in [0.25, 0.3) is 5.91 Å². The van der Waals surface area contributed by atoms with Crippen molar-refractivity contribution in [2.24, 2.45) is 0 Å². The Balaban J connectivity index is 2.05. The quantitative estimate of drug-likeness (QED) is 0.676. The molecule has 0 aliphatic carbocycles. The van der Waals surface area contributed by atoms with Gasteiger partial charge in [-0.3, -0.25) is 4.79 Å². The second-order valence-electron chi connectivity index (χ2n) is 5.64. The molecule has 5 heteroatoms. The highest BCUT2D eigenvalue weighted by Crippen LogP contribution is 2.08. The number of carbonyl (C=O) groups excluding carboxylic acids is 1. The number of nitrogens with one attached hydrogen (secondary N) is 2. The highest BCUT2D eigenvalue weighted by molar-refractivity contribution is 5.97. The molecule has 0 radical (unpaired) electrons. The number of hydrogen-bond acceptors (Lipinski definition) is 4. The van der Waals surface area contributed by atoms with Crippen molar-refractivity contribution >= 4 is 18.1 Å². The SMILES string of the molecule is C/C=C\C=C/c1cnc(/C=C/C=C(\C=C/CC)NC(=O)C2=CNCC=C2)o1. The van der Waals surface area contributed by atoms with Crippen molar-refractivity contribution < 1.29 is 9.21 Å². The van der Waals surface area contributed by atoms with Gasteiger partial charge in [0, 0.05) is 24.5 Å². The van der Waals surface area contributed by atoms with Gasteiger partial charge in [-0.1, -0.05) is 49.5 Å². The molecular weight excluding hydrogens is 338 g/mol. The number of dihydropyridines is 1. The second-order valence-corrected chi connectivity index (χ2v) is 5.64. The molecular formula is C22H25N3O2. The minimum atomic E-state index is -0.161. The van der Waals surface area contributed by atoms with E-state index in [1.807, 2.05) is 62.5 Å². The maximum absolute atomic E-state index is 12.3. The van der Waals surface area contributed by atoms with Gasteiger partial charge in [-0.2, -0.15) is 0 Å². The summed E-state index contributed by atoms with van der Waals surface area (Å²) in [7, 11) is 0. The topological polar surface area (TPSA) is 67.2 Å². The van der Waals surface area contributed by atoms with Crippen molar-refractivity contribution in [3.8, 4) is 0 Å². The van der Waals surface area contributed by atoms with E-state index in [0.717, 1.165) is 13.0 Å². The van der Waals surface area contributed by atoms with E-state index in [4.69, 9.17) is 4.42 Å².